The van der Waals surface area contributed by atoms with E-state index in [1.807, 2.05) is 36.4 Å². The van der Waals surface area contributed by atoms with Gasteiger partial charge in [0.05, 0.1) is 16.8 Å². The maximum atomic E-state index is 12.2. The Morgan fingerprint density at radius 2 is 1.68 bits per heavy atom. The van der Waals surface area contributed by atoms with Crippen LogP contribution in [-0.2, 0) is 6.61 Å². The van der Waals surface area contributed by atoms with Crippen LogP contribution in [-0.4, -0.2) is 12.1 Å². The summed E-state index contributed by atoms with van der Waals surface area (Å²) in [7, 11) is 0. The van der Waals surface area contributed by atoms with Gasteiger partial charge in [-0.05, 0) is 70.4 Å². The van der Waals surface area contributed by atoms with E-state index in [0.717, 1.165) is 16.9 Å². The highest BCUT2D eigenvalue weighted by Crippen LogP contribution is 2.21. The maximum absolute atomic E-state index is 12.2. The van der Waals surface area contributed by atoms with Gasteiger partial charge in [0.2, 0.25) is 0 Å². The van der Waals surface area contributed by atoms with Crippen LogP contribution in [0.4, 0.5) is 0 Å². The number of halogens is 2. The van der Waals surface area contributed by atoms with Gasteiger partial charge in [0.25, 0.3) is 5.91 Å². The average molecular weight is 449 g/mol. The minimum absolute atomic E-state index is 0.271. The molecule has 0 radical (unpaired) electrons. The second-order valence-electron chi connectivity index (χ2n) is 6.86. The first-order valence-electron chi connectivity index (χ1n) is 9.57. The topological polar surface area (TPSA) is 50.7 Å². The van der Waals surface area contributed by atoms with E-state index in [1.54, 1.807) is 18.3 Å². The van der Waals surface area contributed by atoms with E-state index in [1.165, 1.54) is 16.8 Å². The van der Waals surface area contributed by atoms with Gasteiger partial charge in [-0.3, -0.25) is 4.79 Å². The molecule has 4 aromatic carbocycles. The molecule has 0 spiro atoms. The molecule has 31 heavy (non-hydrogen) atoms. The van der Waals surface area contributed by atoms with Crippen molar-refractivity contribution in [1.29, 1.82) is 0 Å². The summed E-state index contributed by atoms with van der Waals surface area (Å²) in [6.45, 7) is 0.482. The molecule has 0 bridgehead atoms. The molecule has 6 heteroatoms. The predicted molar refractivity (Wildman–Crippen MR) is 126 cm³/mol. The highest BCUT2D eigenvalue weighted by atomic mass is 35.5. The summed E-state index contributed by atoms with van der Waals surface area (Å²) < 4.78 is 5.88. The first kappa shape index (κ1) is 20.9. The average Bonchev–Trinajstić information content (AvgIpc) is 2.78. The van der Waals surface area contributed by atoms with Gasteiger partial charge in [-0.1, -0.05) is 59.6 Å². The van der Waals surface area contributed by atoms with Gasteiger partial charge in [0, 0.05) is 5.02 Å². The lowest BCUT2D eigenvalue weighted by Gasteiger charge is -2.08. The standard InChI is InChI=1S/C25H18Cl2N2O2/c26-21-9-12-23(24(27)14-21)25(30)29-28-15-17-6-10-22(11-7-17)31-16-18-5-8-19-3-1-2-4-20(19)13-18/h1-15H,16H2,(H,29,30)/b28-15-. The number of hydrogen-bond donors (Lipinski definition) is 1. The fourth-order valence-electron chi connectivity index (χ4n) is 3.04. The fraction of sp³-hybridized carbons (Fsp3) is 0.0400. The second kappa shape index (κ2) is 9.65. The Labute approximate surface area is 190 Å². The minimum atomic E-state index is -0.409. The number of ether oxygens (including phenoxy) is 1. The summed E-state index contributed by atoms with van der Waals surface area (Å²) >= 11 is 11.9. The van der Waals surface area contributed by atoms with Crippen LogP contribution in [0, 0.1) is 0 Å². The Kier molecular flexibility index (Phi) is 6.51. The van der Waals surface area contributed by atoms with Crippen LogP contribution in [0.1, 0.15) is 21.5 Å². The van der Waals surface area contributed by atoms with Crippen LogP contribution in [0.2, 0.25) is 10.0 Å². The summed E-state index contributed by atoms with van der Waals surface area (Å²) in [4.78, 5) is 12.2. The van der Waals surface area contributed by atoms with Crippen molar-refractivity contribution in [3.63, 3.8) is 0 Å². The van der Waals surface area contributed by atoms with Crippen LogP contribution in [0.15, 0.2) is 90.0 Å². The van der Waals surface area contributed by atoms with Gasteiger partial charge in [-0.2, -0.15) is 5.10 Å². The van der Waals surface area contributed by atoms with E-state index >= 15 is 0 Å². The molecule has 4 rings (SSSR count). The highest BCUT2D eigenvalue weighted by molar-refractivity contribution is 6.36. The number of nitrogens with one attached hydrogen (secondary N) is 1. The monoisotopic (exact) mass is 448 g/mol. The number of hydrazone groups is 1. The number of amides is 1. The van der Waals surface area contributed by atoms with Gasteiger partial charge in [0.1, 0.15) is 12.4 Å². The smallest absolute Gasteiger partial charge is 0.272 e. The molecule has 0 aliphatic rings. The van der Waals surface area contributed by atoms with Gasteiger partial charge < -0.3 is 4.74 Å². The van der Waals surface area contributed by atoms with E-state index in [9.17, 15) is 4.79 Å². The van der Waals surface area contributed by atoms with E-state index in [-0.39, 0.29) is 5.02 Å². The van der Waals surface area contributed by atoms with E-state index in [4.69, 9.17) is 27.9 Å². The molecule has 0 saturated heterocycles. The van der Waals surface area contributed by atoms with Crippen molar-refractivity contribution < 1.29 is 9.53 Å². The summed E-state index contributed by atoms with van der Waals surface area (Å²) in [5.41, 5.74) is 4.69. The number of carbonyl (C=O) groups excluding carboxylic acids is 1. The quantitative estimate of drug-likeness (QED) is 0.270. The number of nitrogens with zero attached hydrogens (tertiary/aromatic N) is 1. The Morgan fingerprint density at radius 3 is 2.45 bits per heavy atom. The molecule has 0 unspecified atom stereocenters. The zero-order chi connectivity index (χ0) is 21.6. The summed E-state index contributed by atoms with van der Waals surface area (Å²) in [6.07, 6.45) is 1.55. The molecule has 0 fully saturated rings. The van der Waals surface area contributed by atoms with E-state index in [0.29, 0.717) is 17.2 Å². The van der Waals surface area contributed by atoms with Crippen molar-refractivity contribution in [2.45, 2.75) is 6.61 Å². The largest absolute Gasteiger partial charge is 0.489 e. The van der Waals surface area contributed by atoms with Gasteiger partial charge in [0.15, 0.2) is 0 Å². The number of hydrogen-bond acceptors (Lipinski definition) is 3. The molecule has 0 aromatic heterocycles. The van der Waals surface area contributed by atoms with Gasteiger partial charge in [-0.15, -0.1) is 0 Å². The fourth-order valence-corrected chi connectivity index (χ4v) is 3.54. The number of benzene rings is 4. The number of carbonyl (C=O) groups is 1. The van der Waals surface area contributed by atoms with Gasteiger partial charge >= 0.3 is 0 Å². The molecule has 4 aromatic rings. The van der Waals surface area contributed by atoms with E-state index < -0.39 is 5.91 Å². The zero-order valence-corrected chi connectivity index (χ0v) is 17.9. The van der Waals surface area contributed by atoms with Crippen molar-refractivity contribution in [1.82, 2.24) is 5.43 Å². The first-order valence-corrected chi connectivity index (χ1v) is 10.3. The van der Waals surface area contributed by atoms with Crippen molar-refractivity contribution in [3.05, 3.63) is 112 Å². The third kappa shape index (κ3) is 5.43. The number of rotatable bonds is 6. The summed E-state index contributed by atoms with van der Waals surface area (Å²) in [5, 5.41) is 7.11. The highest BCUT2D eigenvalue weighted by Gasteiger charge is 2.09. The van der Waals surface area contributed by atoms with Crippen LogP contribution in [0.25, 0.3) is 10.8 Å². The minimum Gasteiger partial charge on any atom is -0.489 e. The molecule has 154 valence electrons. The lowest BCUT2D eigenvalue weighted by molar-refractivity contribution is 0.0955. The molecular weight excluding hydrogens is 431 g/mol. The third-order valence-electron chi connectivity index (χ3n) is 4.65. The van der Waals surface area contributed by atoms with Crippen molar-refractivity contribution in [3.8, 4) is 5.75 Å². The van der Waals surface area contributed by atoms with Crippen LogP contribution in [0.3, 0.4) is 0 Å². The zero-order valence-electron chi connectivity index (χ0n) is 16.4. The Morgan fingerprint density at radius 1 is 0.903 bits per heavy atom. The molecule has 0 aliphatic carbocycles. The first-order chi connectivity index (χ1) is 15.1. The second-order valence-corrected chi connectivity index (χ2v) is 7.71. The lowest BCUT2D eigenvalue weighted by atomic mass is 10.1. The normalized spacial score (nSPS) is 11.0. The van der Waals surface area contributed by atoms with Crippen LogP contribution < -0.4 is 10.2 Å². The maximum Gasteiger partial charge on any atom is 0.272 e. The summed E-state index contributed by atoms with van der Waals surface area (Å²) in [5.74, 6) is 0.343. The summed E-state index contributed by atoms with van der Waals surface area (Å²) in [6, 6.07) is 26.6. The van der Waals surface area contributed by atoms with Gasteiger partial charge in [-0.25, -0.2) is 5.43 Å². The van der Waals surface area contributed by atoms with Crippen molar-refractivity contribution in [2.75, 3.05) is 0 Å². The molecule has 0 saturated carbocycles. The molecule has 1 N–H and O–H groups in total. The Hall–Kier alpha value is -3.34. The molecular formula is C25H18Cl2N2O2. The third-order valence-corrected chi connectivity index (χ3v) is 5.20. The van der Waals surface area contributed by atoms with Crippen molar-refractivity contribution in [2.24, 2.45) is 5.10 Å². The van der Waals surface area contributed by atoms with Crippen molar-refractivity contribution >= 4 is 46.1 Å². The molecule has 0 aliphatic heterocycles. The Bertz CT molecular complexity index is 1250. The Balaban J connectivity index is 1.32. The van der Waals surface area contributed by atoms with Crippen LogP contribution in [0.5, 0.6) is 5.75 Å². The molecule has 4 nitrogen and oxygen atoms in total. The molecule has 1 amide bonds. The number of fused-ring (bicyclic) bond motifs is 1. The molecule has 0 heterocycles. The van der Waals surface area contributed by atoms with E-state index in [2.05, 4.69) is 40.9 Å². The SMILES string of the molecule is O=C(N/N=C\c1ccc(OCc2ccc3ccccc3c2)cc1)c1ccc(Cl)cc1Cl. The predicted octanol–water partition coefficient (Wildman–Crippen LogP) is 6.49. The lowest BCUT2D eigenvalue weighted by Crippen LogP contribution is -2.18. The van der Waals surface area contributed by atoms with Crippen LogP contribution >= 0.6 is 23.2 Å². The molecule has 0 atom stereocenters.